The SMILES string of the molecule is OCOC[C@@H]1C[C@H](Oc2nc3ccccc3n2[C@@H]2CCOC[C@H]2O)CN1c1nc(C(F)F)nc2c1oc1ccccc12. The molecule has 2 N–H and O–H groups in total. The molecule has 2 fully saturated rings. The summed E-state index contributed by atoms with van der Waals surface area (Å²) in [5, 5.41) is 20.8. The average molecular weight is 582 g/mol. The summed E-state index contributed by atoms with van der Waals surface area (Å²) in [7, 11) is 0. The molecule has 11 nitrogen and oxygen atoms in total. The first-order valence-corrected chi connectivity index (χ1v) is 13.8. The number of alkyl halides is 2. The molecule has 4 atom stereocenters. The average Bonchev–Trinajstić information content (AvgIpc) is 3.69. The second-order valence-electron chi connectivity index (χ2n) is 10.5. The number of hydrogen-bond donors (Lipinski definition) is 2. The molecule has 5 heterocycles. The van der Waals surface area contributed by atoms with Crippen molar-refractivity contribution in [3.63, 3.8) is 0 Å². The maximum atomic E-state index is 14.0. The fourth-order valence-electron chi connectivity index (χ4n) is 6.04. The van der Waals surface area contributed by atoms with Gasteiger partial charge in [-0.05, 0) is 30.7 Å². The second kappa shape index (κ2) is 11.1. The third-order valence-electron chi connectivity index (χ3n) is 7.92. The van der Waals surface area contributed by atoms with Crippen LogP contribution in [0.4, 0.5) is 14.6 Å². The van der Waals surface area contributed by atoms with Crippen LogP contribution in [0, 0.1) is 0 Å². The van der Waals surface area contributed by atoms with Gasteiger partial charge in [-0.1, -0.05) is 24.3 Å². The second-order valence-corrected chi connectivity index (χ2v) is 10.5. The molecule has 2 aliphatic heterocycles. The zero-order chi connectivity index (χ0) is 28.8. The number of para-hydroxylation sites is 3. The van der Waals surface area contributed by atoms with E-state index >= 15 is 0 Å². The van der Waals surface area contributed by atoms with E-state index in [2.05, 4.69) is 9.97 Å². The molecule has 3 aromatic heterocycles. The molecule has 0 bridgehead atoms. The van der Waals surface area contributed by atoms with Gasteiger partial charge in [0.15, 0.2) is 17.2 Å². The number of ether oxygens (including phenoxy) is 3. The van der Waals surface area contributed by atoms with Crippen molar-refractivity contribution in [2.75, 3.05) is 38.1 Å². The number of fused-ring (bicyclic) bond motifs is 4. The van der Waals surface area contributed by atoms with E-state index in [1.54, 1.807) is 24.3 Å². The number of imidazole rings is 1. The molecule has 0 unspecified atom stereocenters. The molecule has 42 heavy (non-hydrogen) atoms. The fraction of sp³-hybridized carbons (Fsp3) is 0.414. The highest BCUT2D eigenvalue weighted by Gasteiger charge is 2.39. The minimum atomic E-state index is -2.89. The number of anilines is 1. The molecule has 0 spiro atoms. The van der Waals surface area contributed by atoms with Crippen molar-refractivity contribution in [3.8, 4) is 6.01 Å². The number of nitrogens with zero attached hydrogens (tertiary/aromatic N) is 5. The van der Waals surface area contributed by atoms with Gasteiger partial charge in [0.25, 0.3) is 12.4 Å². The van der Waals surface area contributed by atoms with Gasteiger partial charge in [0.05, 0.1) is 49.0 Å². The molecule has 0 saturated carbocycles. The smallest absolute Gasteiger partial charge is 0.298 e. The number of furan rings is 1. The van der Waals surface area contributed by atoms with Gasteiger partial charge in [0.2, 0.25) is 0 Å². The van der Waals surface area contributed by atoms with Crippen molar-refractivity contribution < 1.29 is 37.6 Å². The lowest BCUT2D eigenvalue weighted by molar-refractivity contribution is -0.0399. The Morgan fingerprint density at radius 1 is 1.07 bits per heavy atom. The minimum Gasteiger partial charge on any atom is -0.459 e. The maximum absolute atomic E-state index is 14.0. The van der Waals surface area contributed by atoms with E-state index in [0.717, 1.165) is 11.0 Å². The molecule has 2 aromatic carbocycles. The molecular weight excluding hydrogens is 552 g/mol. The molecule has 2 saturated heterocycles. The molecule has 0 aliphatic carbocycles. The van der Waals surface area contributed by atoms with Crippen LogP contribution in [0.1, 0.15) is 31.1 Å². The van der Waals surface area contributed by atoms with Crippen LogP contribution in [0.5, 0.6) is 6.01 Å². The summed E-state index contributed by atoms with van der Waals surface area (Å²) in [6, 6.07) is 14.4. The molecule has 0 radical (unpaired) electrons. The first kappa shape index (κ1) is 27.0. The van der Waals surface area contributed by atoms with E-state index in [9.17, 15) is 19.0 Å². The molecular formula is C29H29F2N5O6. The molecule has 220 valence electrons. The van der Waals surface area contributed by atoms with Crippen LogP contribution in [-0.4, -0.2) is 81.1 Å². The van der Waals surface area contributed by atoms with Crippen LogP contribution in [0.2, 0.25) is 0 Å². The monoisotopic (exact) mass is 581 g/mol. The highest BCUT2D eigenvalue weighted by molar-refractivity contribution is 6.05. The Labute approximate surface area is 238 Å². The normalized spacial score (nSPS) is 23.1. The van der Waals surface area contributed by atoms with Gasteiger partial charge in [0, 0.05) is 18.4 Å². The van der Waals surface area contributed by atoms with Gasteiger partial charge in [-0.25, -0.2) is 18.7 Å². The number of rotatable bonds is 8. The molecule has 5 aromatic rings. The third-order valence-corrected chi connectivity index (χ3v) is 7.92. The summed E-state index contributed by atoms with van der Waals surface area (Å²) < 4.78 is 53.3. The van der Waals surface area contributed by atoms with E-state index in [1.807, 2.05) is 33.7 Å². The Morgan fingerprint density at radius 2 is 1.90 bits per heavy atom. The summed E-state index contributed by atoms with van der Waals surface area (Å²) in [5.41, 5.74) is 2.64. The topological polar surface area (TPSA) is 128 Å². The van der Waals surface area contributed by atoms with Crippen LogP contribution >= 0.6 is 0 Å². The van der Waals surface area contributed by atoms with Gasteiger partial charge in [-0.2, -0.15) is 4.98 Å². The van der Waals surface area contributed by atoms with Gasteiger partial charge in [-0.3, -0.25) is 4.57 Å². The summed E-state index contributed by atoms with van der Waals surface area (Å²) >= 11 is 0. The van der Waals surface area contributed by atoms with E-state index in [-0.39, 0.29) is 43.2 Å². The van der Waals surface area contributed by atoms with E-state index in [0.29, 0.717) is 41.9 Å². The summed E-state index contributed by atoms with van der Waals surface area (Å²) in [6.07, 6.45) is -3.07. The van der Waals surface area contributed by atoms with Crippen LogP contribution in [0.15, 0.2) is 52.9 Å². The van der Waals surface area contributed by atoms with E-state index < -0.39 is 31.3 Å². The van der Waals surface area contributed by atoms with Gasteiger partial charge in [-0.15, -0.1) is 0 Å². The van der Waals surface area contributed by atoms with Crippen molar-refractivity contribution in [2.45, 2.75) is 43.6 Å². The number of halogens is 2. The molecule has 0 amide bonds. The first-order valence-electron chi connectivity index (χ1n) is 13.8. The van der Waals surface area contributed by atoms with Crippen molar-refractivity contribution >= 4 is 38.9 Å². The first-order chi connectivity index (χ1) is 20.5. The largest absolute Gasteiger partial charge is 0.459 e. The van der Waals surface area contributed by atoms with Gasteiger partial charge >= 0.3 is 0 Å². The van der Waals surface area contributed by atoms with Crippen molar-refractivity contribution in [3.05, 3.63) is 54.4 Å². The fourth-order valence-corrected chi connectivity index (χ4v) is 6.04. The van der Waals surface area contributed by atoms with Crippen LogP contribution in [-0.2, 0) is 9.47 Å². The molecule has 7 rings (SSSR count). The number of hydrogen-bond acceptors (Lipinski definition) is 10. The quantitative estimate of drug-likeness (QED) is 0.260. The number of benzene rings is 2. The summed E-state index contributed by atoms with van der Waals surface area (Å²) in [5.74, 6) is -0.400. The summed E-state index contributed by atoms with van der Waals surface area (Å²) in [4.78, 5) is 14.9. The predicted molar refractivity (Wildman–Crippen MR) is 148 cm³/mol. The van der Waals surface area contributed by atoms with Crippen molar-refractivity contribution in [2.24, 2.45) is 0 Å². The van der Waals surface area contributed by atoms with Crippen LogP contribution in [0.3, 0.4) is 0 Å². The van der Waals surface area contributed by atoms with Gasteiger partial charge < -0.3 is 33.7 Å². The van der Waals surface area contributed by atoms with Crippen LogP contribution < -0.4 is 9.64 Å². The van der Waals surface area contributed by atoms with Crippen molar-refractivity contribution in [1.82, 2.24) is 19.5 Å². The van der Waals surface area contributed by atoms with E-state index in [1.165, 1.54) is 0 Å². The predicted octanol–water partition coefficient (Wildman–Crippen LogP) is 3.98. The lowest BCUT2D eigenvalue weighted by atomic mass is 10.1. The number of aliphatic hydroxyl groups excluding tert-OH is 2. The standard InChI is InChI=1S/C29H29F2N5O6/c30-26(31)27-33-24-18-5-1-4-8-23(18)42-25(24)28(34-27)35-12-17(11-16(35)13-40-15-37)41-29-32-19-6-2-3-7-20(19)36(29)21-9-10-39-14-22(21)38/h1-8,16-17,21-22,26,37-38H,9-15H2/t16-,17-,21+,22+/m0/s1. The summed E-state index contributed by atoms with van der Waals surface area (Å²) in [6.45, 7) is 0.562. The van der Waals surface area contributed by atoms with Crippen molar-refractivity contribution in [1.29, 1.82) is 0 Å². The van der Waals surface area contributed by atoms with Gasteiger partial charge in [0.1, 0.15) is 24.0 Å². The molecule has 2 aliphatic rings. The Balaban J connectivity index is 1.28. The highest BCUT2D eigenvalue weighted by Crippen LogP contribution is 2.39. The third kappa shape index (κ3) is 4.71. The Kier molecular flexibility index (Phi) is 7.10. The molecule has 13 heteroatoms. The maximum Gasteiger partial charge on any atom is 0.298 e. The van der Waals surface area contributed by atoms with E-state index in [4.69, 9.17) is 23.6 Å². The highest BCUT2D eigenvalue weighted by atomic mass is 19.3. The minimum absolute atomic E-state index is 0.0984. The zero-order valence-corrected chi connectivity index (χ0v) is 22.5. The number of aliphatic hydroxyl groups is 2. The Bertz CT molecular complexity index is 1730. The van der Waals surface area contributed by atoms with Crippen LogP contribution in [0.25, 0.3) is 33.1 Å². The Hall–Kier alpha value is -3.91. The lowest BCUT2D eigenvalue weighted by Gasteiger charge is -2.30. The zero-order valence-electron chi connectivity index (χ0n) is 22.5. The lowest BCUT2D eigenvalue weighted by Crippen LogP contribution is -2.35. The Morgan fingerprint density at radius 3 is 2.74 bits per heavy atom. The number of aromatic nitrogens is 4.